The van der Waals surface area contributed by atoms with Gasteiger partial charge >= 0.3 is 0 Å². The Balaban J connectivity index is 2.66. The number of methoxy groups -OCH3 is 1. The molecule has 0 amide bonds. The molecule has 4 heteroatoms. The standard InChI is InChI=1S/C15H29N3O/c1-6-16-14(8-12(3)11-19-5)10-15-9-13(4)17-18(15)7-2/h9,12,14,16H,6-8,10-11H2,1-5H3. The lowest BCUT2D eigenvalue weighted by atomic mass is 9.98. The number of aryl methyl sites for hydroxylation is 2. The molecular weight excluding hydrogens is 238 g/mol. The van der Waals surface area contributed by atoms with E-state index in [1.165, 1.54) is 5.69 Å². The molecule has 19 heavy (non-hydrogen) atoms. The van der Waals surface area contributed by atoms with Crippen LogP contribution in [0.2, 0.25) is 0 Å². The number of aromatic nitrogens is 2. The van der Waals surface area contributed by atoms with Crippen molar-refractivity contribution in [3.63, 3.8) is 0 Å². The highest BCUT2D eigenvalue weighted by Crippen LogP contribution is 2.13. The molecule has 0 aliphatic carbocycles. The molecule has 2 unspecified atom stereocenters. The van der Waals surface area contributed by atoms with Crippen LogP contribution in [0.25, 0.3) is 0 Å². The predicted octanol–water partition coefficient (Wildman–Crippen LogP) is 2.40. The minimum Gasteiger partial charge on any atom is -0.384 e. The van der Waals surface area contributed by atoms with Gasteiger partial charge in [-0.25, -0.2) is 0 Å². The number of nitrogens with zero attached hydrogens (tertiary/aromatic N) is 2. The van der Waals surface area contributed by atoms with E-state index < -0.39 is 0 Å². The van der Waals surface area contributed by atoms with Crippen LogP contribution in [0.4, 0.5) is 0 Å². The molecule has 0 fully saturated rings. The summed E-state index contributed by atoms with van der Waals surface area (Å²) in [7, 11) is 1.77. The summed E-state index contributed by atoms with van der Waals surface area (Å²) >= 11 is 0. The quantitative estimate of drug-likeness (QED) is 0.747. The van der Waals surface area contributed by atoms with Gasteiger partial charge in [0.1, 0.15) is 0 Å². The second-order valence-electron chi connectivity index (χ2n) is 5.35. The van der Waals surface area contributed by atoms with E-state index in [1.807, 2.05) is 0 Å². The third kappa shape index (κ3) is 5.33. The van der Waals surface area contributed by atoms with Crippen molar-refractivity contribution in [1.29, 1.82) is 0 Å². The molecule has 110 valence electrons. The topological polar surface area (TPSA) is 39.1 Å². The molecule has 0 aliphatic rings. The van der Waals surface area contributed by atoms with Crippen LogP contribution in [0.5, 0.6) is 0 Å². The first-order valence-electron chi connectivity index (χ1n) is 7.36. The highest BCUT2D eigenvalue weighted by Gasteiger charge is 2.15. The van der Waals surface area contributed by atoms with Gasteiger partial charge in [0.25, 0.3) is 0 Å². The normalized spacial score (nSPS) is 14.6. The van der Waals surface area contributed by atoms with E-state index in [2.05, 4.69) is 48.9 Å². The number of hydrogen-bond acceptors (Lipinski definition) is 3. The average molecular weight is 267 g/mol. The molecule has 1 heterocycles. The highest BCUT2D eigenvalue weighted by molar-refractivity contribution is 5.10. The first kappa shape index (κ1) is 16.2. The largest absolute Gasteiger partial charge is 0.384 e. The number of hydrogen-bond donors (Lipinski definition) is 1. The Morgan fingerprint density at radius 3 is 2.74 bits per heavy atom. The van der Waals surface area contributed by atoms with Gasteiger partial charge in [-0.2, -0.15) is 5.10 Å². The predicted molar refractivity (Wildman–Crippen MR) is 79.5 cm³/mol. The molecule has 0 bridgehead atoms. The summed E-state index contributed by atoms with van der Waals surface area (Å²) in [5.74, 6) is 0.577. The summed E-state index contributed by atoms with van der Waals surface area (Å²) in [6.07, 6.45) is 2.17. The van der Waals surface area contributed by atoms with Gasteiger partial charge < -0.3 is 10.1 Å². The number of nitrogens with one attached hydrogen (secondary N) is 1. The number of likely N-dealkylation sites (N-methyl/N-ethyl adjacent to an activating group) is 1. The van der Waals surface area contributed by atoms with Crippen LogP contribution in [0.3, 0.4) is 0 Å². The van der Waals surface area contributed by atoms with Gasteiger partial charge in [-0.05, 0) is 38.8 Å². The monoisotopic (exact) mass is 267 g/mol. The van der Waals surface area contributed by atoms with Crippen molar-refractivity contribution in [2.24, 2.45) is 5.92 Å². The molecule has 1 aromatic heterocycles. The Morgan fingerprint density at radius 2 is 2.16 bits per heavy atom. The third-order valence-electron chi connectivity index (χ3n) is 3.37. The second kappa shape index (κ2) is 8.33. The van der Waals surface area contributed by atoms with Gasteiger partial charge in [-0.1, -0.05) is 13.8 Å². The SMILES string of the molecule is CCNC(Cc1cc(C)nn1CC)CC(C)COC. The van der Waals surface area contributed by atoms with Gasteiger partial charge in [-0.3, -0.25) is 4.68 Å². The van der Waals surface area contributed by atoms with Crippen molar-refractivity contribution in [2.75, 3.05) is 20.3 Å². The third-order valence-corrected chi connectivity index (χ3v) is 3.37. The van der Waals surface area contributed by atoms with E-state index in [-0.39, 0.29) is 0 Å². The summed E-state index contributed by atoms with van der Waals surface area (Å²) in [6.45, 7) is 11.4. The zero-order valence-corrected chi connectivity index (χ0v) is 13.1. The van der Waals surface area contributed by atoms with Crippen LogP contribution in [-0.4, -0.2) is 36.1 Å². The van der Waals surface area contributed by atoms with E-state index in [0.29, 0.717) is 12.0 Å². The second-order valence-corrected chi connectivity index (χ2v) is 5.35. The summed E-state index contributed by atoms with van der Waals surface area (Å²) in [5.41, 5.74) is 2.44. The van der Waals surface area contributed by atoms with Crippen LogP contribution < -0.4 is 5.32 Å². The fourth-order valence-corrected chi connectivity index (χ4v) is 2.66. The van der Waals surface area contributed by atoms with Gasteiger partial charge in [0, 0.05) is 38.4 Å². The minimum atomic E-state index is 0.497. The Morgan fingerprint density at radius 1 is 1.42 bits per heavy atom. The molecule has 4 nitrogen and oxygen atoms in total. The first-order chi connectivity index (χ1) is 9.10. The lowest BCUT2D eigenvalue weighted by Gasteiger charge is -2.21. The lowest BCUT2D eigenvalue weighted by Crippen LogP contribution is -2.34. The average Bonchev–Trinajstić information content (AvgIpc) is 2.70. The van der Waals surface area contributed by atoms with Crippen LogP contribution in [0, 0.1) is 12.8 Å². The van der Waals surface area contributed by atoms with Crippen LogP contribution in [0.1, 0.15) is 38.6 Å². The molecule has 1 N–H and O–H groups in total. The van der Waals surface area contributed by atoms with E-state index in [1.54, 1.807) is 7.11 Å². The lowest BCUT2D eigenvalue weighted by molar-refractivity contribution is 0.149. The maximum absolute atomic E-state index is 5.24. The van der Waals surface area contributed by atoms with Crippen molar-refractivity contribution in [3.8, 4) is 0 Å². The summed E-state index contributed by atoms with van der Waals surface area (Å²) in [5, 5.41) is 8.11. The van der Waals surface area contributed by atoms with Gasteiger partial charge in [0.05, 0.1) is 5.69 Å². The summed E-state index contributed by atoms with van der Waals surface area (Å²) in [4.78, 5) is 0. The van der Waals surface area contributed by atoms with E-state index >= 15 is 0 Å². The molecule has 0 aliphatic heterocycles. The van der Waals surface area contributed by atoms with Crippen molar-refractivity contribution in [2.45, 2.75) is 53.1 Å². The number of rotatable bonds is 9. The molecule has 1 rings (SSSR count). The molecule has 0 aromatic carbocycles. The van der Waals surface area contributed by atoms with E-state index in [9.17, 15) is 0 Å². The van der Waals surface area contributed by atoms with Gasteiger partial charge in [0.15, 0.2) is 0 Å². The van der Waals surface area contributed by atoms with Crippen LogP contribution in [0.15, 0.2) is 6.07 Å². The zero-order chi connectivity index (χ0) is 14.3. The molecule has 0 saturated heterocycles. The molecule has 0 spiro atoms. The Labute approximate surface area is 117 Å². The first-order valence-corrected chi connectivity index (χ1v) is 7.36. The molecule has 1 aromatic rings. The molecule has 0 radical (unpaired) electrons. The Kier molecular flexibility index (Phi) is 7.10. The molecule has 2 atom stereocenters. The summed E-state index contributed by atoms with van der Waals surface area (Å²) in [6, 6.07) is 2.70. The van der Waals surface area contributed by atoms with Crippen molar-refractivity contribution in [1.82, 2.24) is 15.1 Å². The fraction of sp³-hybridized carbons (Fsp3) is 0.800. The van der Waals surface area contributed by atoms with Gasteiger partial charge in [-0.15, -0.1) is 0 Å². The Bertz CT molecular complexity index is 362. The van der Waals surface area contributed by atoms with Crippen LogP contribution >= 0.6 is 0 Å². The smallest absolute Gasteiger partial charge is 0.0596 e. The number of ether oxygens (including phenoxy) is 1. The summed E-state index contributed by atoms with van der Waals surface area (Å²) < 4.78 is 7.35. The Hall–Kier alpha value is -0.870. The van der Waals surface area contributed by atoms with Crippen molar-refractivity contribution in [3.05, 3.63) is 17.5 Å². The maximum atomic E-state index is 5.24. The van der Waals surface area contributed by atoms with E-state index in [0.717, 1.165) is 38.2 Å². The minimum absolute atomic E-state index is 0.497. The van der Waals surface area contributed by atoms with Crippen molar-refractivity contribution < 1.29 is 4.74 Å². The maximum Gasteiger partial charge on any atom is 0.0596 e. The fourth-order valence-electron chi connectivity index (χ4n) is 2.66. The zero-order valence-electron chi connectivity index (χ0n) is 13.1. The molecule has 0 saturated carbocycles. The highest BCUT2D eigenvalue weighted by atomic mass is 16.5. The van der Waals surface area contributed by atoms with Gasteiger partial charge in [0.2, 0.25) is 0 Å². The van der Waals surface area contributed by atoms with Crippen LogP contribution in [-0.2, 0) is 17.7 Å². The van der Waals surface area contributed by atoms with Crippen molar-refractivity contribution >= 4 is 0 Å². The van der Waals surface area contributed by atoms with E-state index in [4.69, 9.17) is 4.74 Å². The molecular formula is C15H29N3O.